The number of morpholine rings is 1. The molecule has 2 aliphatic rings. The Morgan fingerprint density at radius 2 is 2.31 bits per heavy atom. The van der Waals surface area contributed by atoms with E-state index in [1.54, 1.807) is 0 Å². The average Bonchev–Trinajstić information content (AvgIpc) is 2.44. The normalized spacial score (nSPS) is 34.3. The Morgan fingerprint density at radius 1 is 1.46 bits per heavy atom. The van der Waals surface area contributed by atoms with E-state index in [4.69, 9.17) is 4.74 Å². The largest absolute Gasteiger partial charge is 0.378 e. The average molecular weight is 189 g/mol. The maximum atomic E-state index is 12.0. The lowest BCUT2D eigenvalue weighted by atomic mass is 10.1. The minimum absolute atomic E-state index is 0.0247. The van der Waals surface area contributed by atoms with Crippen molar-refractivity contribution in [1.29, 1.82) is 0 Å². The van der Waals surface area contributed by atoms with Crippen molar-refractivity contribution in [3.63, 3.8) is 0 Å². The fourth-order valence-electron chi connectivity index (χ4n) is 2.17. The topological polar surface area (TPSA) is 12.5 Å². The molecule has 0 saturated carbocycles. The molecule has 0 bridgehead atoms. The monoisotopic (exact) mass is 189 g/mol. The smallest absolute Gasteiger partial charge is 0.266 e. The van der Waals surface area contributed by atoms with Gasteiger partial charge in [0.1, 0.15) is 0 Å². The van der Waals surface area contributed by atoms with Gasteiger partial charge in [0.2, 0.25) is 0 Å². The molecule has 0 aliphatic carbocycles. The zero-order valence-corrected chi connectivity index (χ0v) is 7.38. The van der Waals surface area contributed by atoms with Crippen LogP contribution in [-0.4, -0.2) is 37.2 Å². The third-order valence-electron chi connectivity index (χ3n) is 2.76. The molecule has 2 atom stereocenters. The molecule has 13 heavy (non-hydrogen) atoms. The van der Waals surface area contributed by atoms with Crippen LogP contribution in [0.25, 0.3) is 0 Å². The number of hydrogen-bond donors (Lipinski definition) is 0. The summed E-state index contributed by atoms with van der Waals surface area (Å²) in [5, 5.41) is 0. The van der Waals surface area contributed by atoms with E-state index < -0.39 is 6.08 Å². The predicted octanol–water partition coefficient (Wildman–Crippen LogP) is 1.49. The van der Waals surface area contributed by atoms with E-state index >= 15 is 0 Å². The molecule has 0 aromatic rings. The van der Waals surface area contributed by atoms with Gasteiger partial charge < -0.3 is 4.74 Å². The summed E-state index contributed by atoms with van der Waals surface area (Å²) in [5.41, 5.74) is 0. The molecule has 74 valence electrons. The van der Waals surface area contributed by atoms with Gasteiger partial charge in [-0.3, -0.25) is 4.90 Å². The van der Waals surface area contributed by atoms with E-state index in [1.807, 2.05) is 0 Å². The number of rotatable bonds is 1. The van der Waals surface area contributed by atoms with Crippen LogP contribution in [0.2, 0.25) is 0 Å². The van der Waals surface area contributed by atoms with Crippen molar-refractivity contribution >= 4 is 0 Å². The molecule has 2 rings (SSSR count). The minimum atomic E-state index is -1.55. The highest BCUT2D eigenvalue weighted by Crippen LogP contribution is 2.27. The molecule has 0 spiro atoms. The molecule has 0 N–H and O–H groups in total. The second-order valence-electron chi connectivity index (χ2n) is 3.68. The van der Waals surface area contributed by atoms with Gasteiger partial charge in [0.15, 0.2) is 0 Å². The lowest BCUT2D eigenvalue weighted by molar-refractivity contribution is 0.0128. The highest BCUT2D eigenvalue weighted by molar-refractivity contribution is 4.98. The third kappa shape index (κ3) is 2.06. The van der Waals surface area contributed by atoms with Crippen molar-refractivity contribution in [1.82, 2.24) is 4.90 Å². The summed E-state index contributed by atoms with van der Waals surface area (Å²) in [6, 6.07) is 0.370. The van der Waals surface area contributed by atoms with Gasteiger partial charge in [-0.25, -0.2) is 0 Å². The fraction of sp³-hybridized carbons (Fsp3) is 0.778. The lowest BCUT2D eigenvalue weighted by Crippen LogP contribution is -2.40. The van der Waals surface area contributed by atoms with Crippen molar-refractivity contribution in [2.45, 2.75) is 12.5 Å². The summed E-state index contributed by atoms with van der Waals surface area (Å²) in [6.07, 6.45) is 0.348. The highest BCUT2D eigenvalue weighted by atomic mass is 19.3. The summed E-state index contributed by atoms with van der Waals surface area (Å²) < 4.78 is 29.2. The SMILES string of the molecule is FC(F)=CC1CC2COCCN2C1. The van der Waals surface area contributed by atoms with Crippen LogP contribution >= 0.6 is 0 Å². The van der Waals surface area contributed by atoms with Gasteiger partial charge in [-0.2, -0.15) is 8.78 Å². The molecule has 2 fully saturated rings. The Morgan fingerprint density at radius 3 is 3.00 bits per heavy atom. The van der Waals surface area contributed by atoms with Gasteiger partial charge in [-0.1, -0.05) is 0 Å². The second-order valence-corrected chi connectivity index (χ2v) is 3.68. The van der Waals surface area contributed by atoms with Crippen molar-refractivity contribution in [3.05, 3.63) is 12.2 Å². The molecule has 0 amide bonds. The van der Waals surface area contributed by atoms with Crippen LogP contribution in [0.3, 0.4) is 0 Å². The summed E-state index contributed by atoms with van der Waals surface area (Å²) >= 11 is 0. The van der Waals surface area contributed by atoms with Crippen LogP contribution in [0.4, 0.5) is 8.78 Å². The maximum Gasteiger partial charge on any atom is 0.266 e. The number of halogens is 2. The first-order chi connectivity index (χ1) is 6.25. The van der Waals surface area contributed by atoms with E-state index in [2.05, 4.69) is 4.90 Å². The molecule has 4 heteroatoms. The van der Waals surface area contributed by atoms with E-state index in [-0.39, 0.29) is 5.92 Å². The Labute approximate surface area is 76.2 Å². The summed E-state index contributed by atoms with van der Waals surface area (Å²) in [4.78, 5) is 2.24. The molecule has 2 unspecified atom stereocenters. The van der Waals surface area contributed by atoms with Crippen LogP contribution in [0, 0.1) is 5.92 Å². The number of nitrogens with zero attached hydrogens (tertiary/aromatic N) is 1. The van der Waals surface area contributed by atoms with Crippen LogP contribution in [0.1, 0.15) is 6.42 Å². The first kappa shape index (κ1) is 9.09. The van der Waals surface area contributed by atoms with Gasteiger partial charge in [0.05, 0.1) is 13.2 Å². The van der Waals surface area contributed by atoms with Crippen LogP contribution in [0.15, 0.2) is 12.2 Å². The summed E-state index contributed by atoms with van der Waals surface area (Å²) in [7, 11) is 0. The van der Waals surface area contributed by atoms with Gasteiger partial charge in [0, 0.05) is 19.1 Å². The Balaban J connectivity index is 1.95. The first-order valence-corrected chi connectivity index (χ1v) is 4.60. The van der Waals surface area contributed by atoms with Crippen LogP contribution in [-0.2, 0) is 4.74 Å². The molecule has 2 nitrogen and oxygen atoms in total. The molecule has 0 radical (unpaired) electrons. The van der Waals surface area contributed by atoms with Crippen LogP contribution in [0.5, 0.6) is 0 Å². The third-order valence-corrected chi connectivity index (χ3v) is 2.76. The van der Waals surface area contributed by atoms with E-state index in [0.717, 1.165) is 32.2 Å². The molecule has 0 aromatic heterocycles. The van der Waals surface area contributed by atoms with Crippen molar-refractivity contribution < 1.29 is 13.5 Å². The van der Waals surface area contributed by atoms with E-state index in [9.17, 15) is 8.78 Å². The zero-order valence-electron chi connectivity index (χ0n) is 7.38. The van der Waals surface area contributed by atoms with Gasteiger partial charge in [-0.15, -0.1) is 0 Å². The van der Waals surface area contributed by atoms with Crippen molar-refractivity contribution in [3.8, 4) is 0 Å². The summed E-state index contributed by atoms with van der Waals surface area (Å²) in [5.74, 6) is 0.0247. The molecular formula is C9H13F2NO. The number of fused-ring (bicyclic) bond motifs is 1. The Bertz CT molecular complexity index is 202. The van der Waals surface area contributed by atoms with Gasteiger partial charge >= 0.3 is 0 Å². The highest BCUT2D eigenvalue weighted by Gasteiger charge is 2.33. The van der Waals surface area contributed by atoms with Crippen LogP contribution < -0.4 is 0 Å². The molecular weight excluding hydrogens is 176 g/mol. The number of ether oxygens (including phenoxy) is 1. The second kappa shape index (κ2) is 3.72. The summed E-state index contributed by atoms with van der Waals surface area (Å²) in [6.45, 7) is 3.11. The molecule has 2 aliphatic heterocycles. The van der Waals surface area contributed by atoms with E-state index in [0.29, 0.717) is 12.6 Å². The minimum Gasteiger partial charge on any atom is -0.378 e. The first-order valence-electron chi connectivity index (χ1n) is 4.60. The number of hydrogen-bond acceptors (Lipinski definition) is 2. The quantitative estimate of drug-likeness (QED) is 0.619. The molecule has 2 heterocycles. The standard InChI is InChI=1S/C9H13F2NO/c10-9(11)4-7-3-8-6-13-2-1-12(8)5-7/h4,7-8H,1-3,5-6H2. The van der Waals surface area contributed by atoms with Crippen molar-refractivity contribution in [2.24, 2.45) is 5.92 Å². The Kier molecular flexibility index (Phi) is 2.60. The van der Waals surface area contributed by atoms with E-state index in [1.165, 1.54) is 0 Å². The fourth-order valence-corrected chi connectivity index (χ4v) is 2.17. The predicted molar refractivity (Wildman–Crippen MR) is 44.6 cm³/mol. The maximum absolute atomic E-state index is 12.0. The lowest BCUT2D eigenvalue weighted by Gasteiger charge is -2.28. The Hall–Kier alpha value is -0.480. The van der Waals surface area contributed by atoms with Gasteiger partial charge in [0.25, 0.3) is 6.08 Å². The van der Waals surface area contributed by atoms with Crippen molar-refractivity contribution in [2.75, 3.05) is 26.3 Å². The van der Waals surface area contributed by atoms with Gasteiger partial charge in [-0.05, 0) is 18.4 Å². The zero-order chi connectivity index (χ0) is 9.26. The molecule has 2 saturated heterocycles. The molecule has 0 aromatic carbocycles.